The average Bonchev–Trinajstić information content (AvgIpc) is 2.74. The van der Waals surface area contributed by atoms with Crippen LogP contribution in [0.5, 0.6) is 0 Å². The van der Waals surface area contributed by atoms with Gasteiger partial charge >= 0.3 is 0 Å². The first-order valence-corrected chi connectivity index (χ1v) is 6.27. The molecule has 1 saturated heterocycles. The quantitative estimate of drug-likeness (QED) is 0.838. The van der Waals surface area contributed by atoms with E-state index in [1.54, 1.807) is 0 Å². The van der Waals surface area contributed by atoms with Crippen LogP contribution in [0.4, 0.5) is 0 Å². The largest absolute Gasteiger partial charge is 0.347 e. The smallest absolute Gasteiger partial charge is 0.270 e. The van der Waals surface area contributed by atoms with Crippen molar-refractivity contribution in [2.75, 3.05) is 13.1 Å². The molecule has 1 aromatic rings. The molecule has 2 rings (SSSR count). The van der Waals surface area contributed by atoms with Gasteiger partial charge in [-0.25, -0.2) is 0 Å². The number of aromatic nitrogens is 1. The summed E-state index contributed by atoms with van der Waals surface area (Å²) < 4.78 is 1.87. The van der Waals surface area contributed by atoms with Crippen LogP contribution < -0.4 is 5.73 Å². The van der Waals surface area contributed by atoms with Crippen molar-refractivity contribution in [3.05, 3.63) is 24.0 Å². The summed E-state index contributed by atoms with van der Waals surface area (Å²) in [5, 5.41) is 0. The first-order chi connectivity index (χ1) is 8.15. The zero-order valence-corrected chi connectivity index (χ0v) is 10.6. The van der Waals surface area contributed by atoms with E-state index in [-0.39, 0.29) is 11.9 Å². The summed E-state index contributed by atoms with van der Waals surface area (Å²) in [7, 11) is 1.90. The number of amides is 1. The molecule has 2 atom stereocenters. The molecule has 0 spiro atoms. The van der Waals surface area contributed by atoms with Gasteiger partial charge in [-0.2, -0.15) is 0 Å². The Balaban J connectivity index is 2.21. The van der Waals surface area contributed by atoms with Crippen LogP contribution in [0.2, 0.25) is 0 Å². The van der Waals surface area contributed by atoms with Crippen LogP contribution in [0, 0.1) is 5.92 Å². The molecule has 4 nitrogen and oxygen atoms in total. The number of aryl methyl sites for hydroxylation is 1. The Bertz CT molecular complexity index is 399. The number of carbonyl (C=O) groups excluding carboxylic acids is 1. The number of nitrogens with zero attached hydrogens (tertiary/aromatic N) is 2. The third-order valence-corrected chi connectivity index (χ3v) is 3.78. The van der Waals surface area contributed by atoms with Crippen LogP contribution in [0.1, 0.15) is 30.3 Å². The first kappa shape index (κ1) is 12.2. The van der Waals surface area contributed by atoms with Crippen molar-refractivity contribution in [1.29, 1.82) is 0 Å². The highest BCUT2D eigenvalue weighted by Gasteiger charge is 2.31. The summed E-state index contributed by atoms with van der Waals surface area (Å²) in [4.78, 5) is 14.4. The number of rotatable bonds is 2. The molecule has 17 heavy (non-hydrogen) atoms. The van der Waals surface area contributed by atoms with Crippen molar-refractivity contribution in [1.82, 2.24) is 9.47 Å². The van der Waals surface area contributed by atoms with Gasteiger partial charge in [0, 0.05) is 32.4 Å². The first-order valence-electron chi connectivity index (χ1n) is 6.27. The maximum atomic E-state index is 12.4. The van der Waals surface area contributed by atoms with Gasteiger partial charge in [0.2, 0.25) is 0 Å². The highest BCUT2D eigenvalue weighted by Crippen LogP contribution is 2.24. The van der Waals surface area contributed by atoms with E-state index in [1.165, 1.54) is 6.42 Å². The van der Waals surface area contributed by atoms with Gasteiger partial charge < -0.3 is 15.2 Å². The van der Waals surface area contributed by atoms with E-state index in [0.717, 1.165) is 18.7 Å². The van der Waals surface area contributed by atoms with Crippen molar-refractivity contribution in [2.24, 2.45) is 18.7 Å². The minimum atomic E-state index is 0.111. The number of nitrogens with two attached hydrogens (primary N) is 1. The van der Waals surface area contributed by atoms with Crippen LogP contribution in [0.15, 0.2) is 18.3 Å². The molecule has 1 aromatic heterocycles. The van der Waals surface area contributed by atoms with Gasteiger partial charge in [0.25, 0.3) is 5.91 Å². The van der Waals surface area contributed by atoms with Crippen molar-refractivity contribution in [2.45, 2.75) is 25.8 Å². The van der Waals surface area contributed by atoms with E-state index in [9.17, 15) is 4.79 Å². The number of piperidine rings is 1. The maximum Gasteiger partial charge on any atom is 0.270 e. The van der Waals surface area contributed by atoms with Gasteiger partial charge in [0.15, 0.2) is 0 Å². The minimum absolute atomic E-state index is 0.111. The SMILES string of the molecule is C[C@H]1CCCN(C(=O)c2cccn2C)[C@@H]1CN. The molecule has 1 amide bonds. The van der Waals surface area contributed by atoms with Crippen molar-refractivity contribution < 1.29 is 4.79 Å². The highest BCUT2D eigenvalue weighted by atomic mass is 16.2. The molecule has 1 aliphatic rings. The second kappa shape index (κ2) is 4.92. The predicted molar refractivity (Wildman–Crippen MR) is 67.7 cm³/mol. The molecule has 94 valence electrons. The Morgan fingerprint density at radius 1 is 1.59 bits per heavy atom. The lowest BCUT2D eigenvalue weighted by Crippen LogP contribution is -2.51. The van der Waals surface area contributed by atoms with Crippen LogP contribution in [-0.4, -0.2) is 34.5 Å². The molecule has 2 heterocycles. The fraction of sp³-hybridized carbons (Fsp3) is 0.615. The Morgan fingerprint density at radius 2 is 2.35 bits per heavy atom. The van der Waals surface area contributed by atoms with Crippen LogP contribution in [0.3, 0.4) is 0 Å². The lowest BCUT2D eigenvalue weighted by atomic mass is 9.90. The van der Waals surface area contributed by atoms with E-state index in [1.807, 2.05) is 34.8 Å². The molecule has 0 aliphatic carbocycles. The summed E-state index contributed by atoms with van der Waals surface area (Å²) in [5.41, 5.74) is 6.56. The molecule has 0 aromatic carbocycles. The zero-order chi connectivity index (χ0) is 12.4. The van der Waals surface area contributed by atoms with E-state index >= 15 is 0 Å². The number of likely N-dealkylation sites (tertiary alicyclic amines) is 1. The average molecular weight is 235 g/mol. The monoisotopic (exact) mass is 235 g/mol. The normalized spacial score (nSPS) is 25.0. The van der Waals surface area contributed by atoms with Gasteiger partial charge in [0.05, 0.1) is 0 Å². The standard InChI is InChI=1S/C13H21N3O/c1-10-5-3-8-16(12(10)9-14)13(17)11-6-4-7-15(11)2/h4,6-7,10,12H,3,5,8-9,14H2,1-2H3/t10-,12+/m0/s1. The summed E-state index contributed by atoms with van der Waals surface area (Å²) in [6.45, 7) is 3.56. The molecular formula is C13H21N3O. The van der Waals surface area contributed by atoms with Gasteiger partial charge in [0.1, 0.15) is 5.69 Å². The molecule has 0 radical (unpaired) electrons. The third-order valence-electron chi connectivity index (χ3n) is 3.78. The summed E-state index contributed by atoms with van der Waals surface area (Å²) in [5.74, 6) is 0.609. The topological polar surface area (TPSA) is 51.3 Å². The molecule has 2 N–H and O–H groups in total. The Morgan fingerprint density at radius 3 is 2.94 bits per heavy atom. The zero-order valence-electron chi connectivity index (χ0n) is 10.6. The van der Waals surface area contributed by atoms with Crippen molar-refractivity contribution >= 4 is 5.91 Å². The molecule has 0 bridgehead atoms. The van der Waals surface area contributed by atoms with Crippen molar-refractivity contribution in [3.8, 4) is 0 Å². The second-order valence-corrected chi connectivity index (χ2v) is 4.93. The lowest BCUT2D eigenvalue weighted by Gasteiger charge is -2.39. The van der Waals surface area contributed by atoms with Crippen LogP contribution >= 0.6 is 0 Å². The maximum absolute atomic E-state index is 12.4. The molecule has 1 aliphatic heterocycles. The fourth-order valence-corrected chi connectivity index (χ4v) is 2.69. The molecular weight excluding hydrogens is 214 g/mol. The highest BCUT2D eigenvalue weighted by molar-refractivity contribution is 5.93. The molecule has 0 unspecified atom stereocenters. The molecule has 4 heteroatoms. The van der Waals surface area contributed by atoms with E-state index in [4.69, 9.17) is 5.73 Å². The second-order valence-electron chi connectivity index (χ2n) is 4.93. The third kappa shape index (κ3) is 2.22. The van der Waals surface area contributed by atoms with Crippen LogP contribution in [-0.2, 0) is 7.05 Å². The number of hydrogen-bond acceptors (Lipinski definition) is 2. The van der Waals surface area contributed by atoms with E-state index in [2.05, 4.69) is 6.92 Å². The van der Waals surface area contributed by atoms with Gasteiger partial charge in [-0.15, -0.1) is 0 Å². The molecule has 0 saturated carbocycles. The van der Waals surface area contributed by atoms with Crippen molar-refractivity contribution in [3.63, 3.8) is 0 Å². The van der Waals surface area contributed by atoms with Gasteiger partial charge in [-0.1, -0.05) is 6.92 Å². The van der Waals surface area contributed by atoms with Gasteiger partial charge in [-0.05, 0) is 30.9 Å². The number of carbonyl (C=O) groups is 1. The summed E-state index contributed by atoms with van der Waals surface area (Å²) in [6.07, 6.45) is 4.14. The van der Waals surface area contributed by atoms with E-state index < -0.39 is 0 Å². The number of hydrogen-bond donors (Lipinski definition) is 1. The van der Waals surface area contributed by atoms with Crippen LogP contribution in [0.25, 0.3) is 0 Å². The van der Waals surface area contributed by atoms with Gasteiger partial charge in [-0.3, -0.25) is 4.79 Å². The minimum Gasteiger partial charge on any atom is -0.347 e. The summed E-state index contributed by atoms with van der Waals surface area (Å²) in [6, 6.07) is 3.96. The predicted octanol–water partition coefficient (Wildman–Crippen LogP) is 1.22. The lowest BCUT2D eigenvalue weighted by molar-refractivity contribution is 0.0523. The molecule has 1 fully saturated rings. The Labute approximate surface area is 102 Å². The fourth-order valence-electron chi connectivity index (χ4n) is 2.69. The Kier molecular flexibility index (Phi) is 3.52. The van der Waals surface area contributed by atoms with E-state index in [0.29, 0.717) is 12.5 Å². The Hall–Kier alpha value is -1.29. The summed E-state index contributed by atoms with van der Waals surface area (Å²) >= 11 is 0.